The van der Waals surface area contributed by atoms with E-state index in [4.69, 9.17) is 0 Å². The number of alkyl halides is 2. The lowest BCUT2D eigenvalue weighted by Gasteiger charge is -2.26. The number of fused-ring (bicyclic) bond motifs is 1. The molecule has 2 N–H and O–H groups in total. The fourth-order valence-corrected chi connectivity index (χ4v) is 4.18. The van der Waals surface area contributed by atoms with E-state index in [9.17, 15) is 26.4 Å². The van der Waals surface area contributed by atoms with Gasteiger partial charge in [0.1, 0.15) is 0 Å². The Hall–Kier alpha value is -3.87. The van der Waals surface area contributed by atoms with Crippen LogP contribution in [-0.2, 0) is 27.8 Å². The van der Waals surface area contributed by atoms with Crippen molar-refractivity contribution in [1.82, 2.24) is 9.97 Å². The normalized spacial score (nSPS) is 12.9. The molecule has 35 heavy (non-hydrogen) atoms. The van der Waals surface area contributed by atoms with Crippen LogP contribution in [0.4, 0.5) is 42.0 Å². The highest BCUT2D eigenvalue weighted by Crippen LogP contribution is 2.33. The van der Waals surface area contributed by atoms with Gasteiger partial charge in [-0.2, -0.15) is 13.8 Å². The van der Waals surface area contributed by atoms with Crippen molar-refractivity contribution in [3.8, 4) is 0 Å². The SMILES string of the molecule is CN(c1ccccc1CN(c1nc(Nc2cccc3c2NC(=O)C3)ncc1F)C(F)F)S(C)(=O)=O. The summed E-state index contributed by atoms with van der Waals surface area (Å²) in [5, 5.41) is 5.54. The number of hydrogen-bond acceptors (Lipinski definition) is 7. The second-order valence-electron chi connectivity index (χ2n) is 7.82. The first kappa shape index (κ1) is 24.3. The summed E-state index contributed by atoms with van der Waals surface area (Å²) in [6.45, 7) is -3.69. The molecule has 0 unspecified atom stereocenters. The molecular formula is C22H21F3N6O3S. The molecular weight excluding hydrogens is 485 g/mol. The summed E-state index contributed by atoms with van der Waals surface area (Å²) in [6.07, 6.45) is 1.94. The Labute approximate surface area is 199 Å². The van der Waals surface area contributed by atoms with Crippen LogP contribution in [-0.4, -0.2) is 44.1 Å². The molecule has 2 heterocycles. The predicted octanol–water partition coefficient (Wildman–Crippen LogP) is 3.48. The van der Waals surface area contributed by atoms with Crippen LogP contribution in [0, 0.1) is 5.82 Å². The molecule has 0 atom stereocenters. The van der Waals surface area contributed by atoms with E-state index >= 15 is 0 Å². The first-order chi connectivity index (χ1) is 16.5. The van der Waals surface area contributed by atoms with Crippen molar-refractivity contribution in [3.05, 3.63) is 65.6 Å². The Kier molecular flexibility index (Phi) is 6.52. The van der Waals surface area contributed by atoms with Crippen LogP contribution in [0.25, 0.3) is 0 Å². The number of halogens is 3. The van der Waals surface area contributed by atoms with Crippen molar-refractivity contribution in [1.29, 1.82) is 0 Å². The third kappa shape index (κ3) is 5.14. The van der Waals surface area contributed by atoms with E-state index in [1.807, 2.05) is 0 Å². The van der Waals surface area contributed by atoms with Crippen molar-refractivity contribution in [2.24, 2.45) is 0 Å². The molecule has 0 aliphatic carbocycles. The molecule has 1 aliphatic rings. The Morgan fingerprint density at radius 1 is 1.17 bits per heavy atom. The van der Waals surface area contributed by atoms with Gasteiger partial charge in [-0.15, -0.1) is 0 Å². The lowest BCUT2D eigenvalue weighted by molar-refractivity contribution is -0.115. The molecule has 0 bridgehead atoms. The van der Waals surface area contributed by atoms with Crippen LogP contribution in [0.1, 0.15) is 11.1 Å². The summed E-state index contributed by atoms with van der Waals surface area (Å²) in [6, 6.07) is 11.2. The van der Waals surface area contributed by atoms with Crippen molar-refractivity contribution in [2.75, 3.05) is 33.1 Å². The number of anilines is 5. The summed E-state index contributed by atoms with van der Waals surface area (Å²) in [7, 11) is -2.37. The number of para-hydroxylation sites is 2. The number of aromatic nitrogens is 2. The monoisotopic (exact) mass is 506 g/mol. The second kappa shape index (κ2) is 9.41. The maximum Gasteiger partial charge on any atom is 0.316 e. The zero-order chi connectivity index (χ0) is 25.3. The zero-order valence-corrected chi connectivity index (χ0v) is 19.5. The lowest BCUT2D eigenvalue weighted by Crippen LogP contribution is -2.32. The largest absolute Gasteiger partial charge is 0.324 e. The molecule has 1 aliphatic heterocycles. The van der Waals surface area contributed by atoms with Gasteiger partial charge in [0, 0.05) is 7.05 Å². The number of sulfonamides is 1. The third-order valence-electron chi connectivity index (χ3n) is 5.41. The lowest BCUT2D eigenvalue weighted by atomic mass is 10.1. The summed E-state index contributed by atoms with van der Waals surface area (Å²) in [5.74, 6) is -2.12. The summed E-state index contributed by atoms with van der Waals surface area (Å²) >= 11 is 0. The Balaban J connectivity index is 1.67. The Morgan fingerprint density at radius 3 is 2.63 bits per heavy atom. The van der Waals surface area contributed by atoms with Gasteiger partial charge in [0.25, 0.3) is 0 Å². The van der Waals surface area contributed by atoms with E-state index in [0.29, 0.717) is 16.3 Å². The standard InChI is InChI=1S/C22H21F3N6O3S/c1-30(35(2,33)34)17-9-4-3-6-14(17)12-31(21(24)25)20-15(23)11-26-22(29-20)27-16-8-5-7-13-10-18(32)28-19(13)16/h3-9,11,21H,10,12H2,1-2H3,(H,28,32)(H,26,27,29). The van der Waals surface area contributed by atoms with Crippen LogP contribution in [0.5, 0.6) is 0 Å². The number of carbonyl (C=O) groups excluding carboxylic acids is 1. The summed E-state index contributed by atoms with van der Waals surface area (Å²) in [5.41, 5.74) is 2.06. The van der Waals surface area contributed by atoms with Gasteiger partial charge in [0.15, 0.2) is 11.6 Å². The average molecular weight is 507 g/mol. The topological polar surface area (TPSA) is 108 Å². The van der Waals surface area contributed by atoms with Gasteiger partial charge in [0.2, 0.25) is 21.9 Å². The minimum absolute atomic E-state index is 0.164. The van der Waals surface area contributed by atoms with Gasteiger partial charge in [-0.25, -0.2) is 17.8 Å². The first-order valence-electron chi connectivity index (χ1n) is 10.3. The molecule has 0 radical (unpaired) electrons. The average Bonchev–Trinajstić information content (AvgIpc) is 3.19. The number of carbonyl (C=O) groups is 1. The molecule has 0 saturated heterocycles. The maximum atomic E-state index is 14.6. The molecule has 9 nitrogen and oxygen atoms in total. The van der Waals surface area contributed by atoms with E-state index in [1.165, 1.54) is 19.2 Å². The van der Waals surface area contributed by atoms with Gasteiger partial charge in [-0.05, 0) is 23.3 Å². The highest BCUT2D eigenvalue weighted by Gasteiger charge is 2.26. The molecule has 0 fully saturated rings. The van der Waals surface area contributed by atoms with E-state index in [0.717, 1.165) is 22.3 Å². The molecule has 4 rings (SSSR count). The van der Waals surface area contributed by atoms with Crippen molar-refractivity contribution >= 4 is 44.8 Å². The van der Waals surface area contributed by atoms with Gasteiger partial charge >= 0.3 is 6.55 Å². The molecule has 0 spiro atoms. The van der Waals surface area contributed by atoms with Crippen molar-refractivity contribution in [2.45, 2.75) is 19.5 Å². The van der Waals surface area contributed by atoms with Crippen LogP contribution < -0.4 is 19.8 Å². The molecule has 3 aromatic rings. The first-order valence-corrected chi connectivity index (χ1v) is 12.2. The summed E-state index contributed by atoms with van der Waals surface area (Å²) < 4.78 is 67.8. The maximum absolute atomic E-state index is 14.6. The highest BCUT2D eigenvalue weighted by molar-refractivity contribution is 7.92. The number of rotatable bonds is 8. The van der Waals surface area contributed by atoms with Crippen LogP contribution in [0.3, 0.4) is 0 Å². The Morgan fingerprint density at radius 2 is 1.91 bits per heavy atom. The van der Waals surface area contributed by atoms with Gasteiger partial charge in [0.05, 0.1) is 42.5 Å². The van der Waals surface area contributed by atoms with Crippen molar-refractivity contribution < 1.29 is 26.4 Å². The molecule has 1 aromatic heterocycles. The van der Waals surface area contributed by atoms with Crippen molar-refractivity contribution in [3.63, 3.8) is 0 Å². The molecule has 2 aromatic carbocycles. The second-order valence-corrected chi connectivity index (χ2v) is 9.83. The van der Waals surface area contributed by atoms with Gasteiger partial charge < -0.3 is 10.6 Å². The smallest absolute Gasteiger partial charge is 0.316 e. The number of amides is 1. The number of nitrogens with one attached hydrogen (secondary N) is 2. The minimum Gasteiger partial charge on any atom is -0.324 e. The van der Waals surface area contributed by atoms with Crippen LogP contribution >= 0.6 is 0 Å². The van der Waals surface area contributed by atoms with Gasteiger partial charge in [-0.1, -0.05) is 30.3 Å². The Bertz CT molecular complexity index is 1390. The zero-order valence-electron chi connectivity index (χ0n) is 18.7. The predicted molar refractivity (Wildman–Crippen MR) is 126 cm³/mol. The summed E-state index contributed by atoms with van der Waals surface area (Å²) in [4.78, 5) is 19.9. The van der Waals surface area contributed by atoms with E-state index in [1.54, 1.807) is 30.3 Å². The van der Waals surface area contributed by atoms with Gasteiger partial charge in [-0.3, -0.25) is 14.0 Å². The van der Waals surface area contributed by atoms with E-state index < -0.39 is 34.8 Å². The van der Waals surface area contributed by atoms with E-state index in [-0.39, 0.29) is 29.5 Å². The minimum atomic E-state index is -3.67. The number of hydrogen-bond donors (Lipinski definition) is 2. The van der Waals surface area contributed by atoms with Crippen LogP contribution in [0.2, 0.25) is 0 Å². The highest BCUT2D eigenvalue weighted by atomic mass is 32.2. The third-order valence-corrected chi connectivity index (χ3v) is 6.61. The fourth-order valence-electron chi connectivity index (χ4n) is 3.65. The molecule has 0 saturated carbocycles. The molecule has 1 amide bonds. The number of nitrogens with zero attached hydrogens (tertiary/aromatic N) is 4. The molecule has 184 valence electrons. The van der Waals surface area contributed by atoms with E-state index in [2.05, 4.69) is 20.6 Å². The quantitative estimate of drug-likeness (QED) is 0.451. The fraction of sp³-hybridized carbons (Fsp3) is 0.227. The van der Waals surface area contributed by atoms with Crippen LogP contribution in [0.15, 0.2) is 48.7 Å². The number of benzene rings is 2. The molecule has 13 heteroatoms.